The van der Waals surface area contributed by atoms with Crippen molar-refractivity contribution >= 4 is 45.2 Å². The molecule has 0 radical (unpaired) electrons. The van der Waals surface area contributed by atoms with E-state index in [0.29, 0.717) is 16.8 Å². The summed E-state index contributed by atoms with van der Waals surface area (Å²) in [6, 6.07) is 19.6. The number of non-ortho nitro benzene ring substituents is 1. The number of hydrogen-bond acceptors (Lipinski definition) is 4. The molecule has 7 nitrogen and oxygen atoms in total. The third-order valence-electron chi connectivity index (χ3n) is 4.30. The Hall–Kier alpha value is -3.78. The van der Waals surface area contributed by atoms with Gasteiger partial charge in [-0.15, -0.1) is 0 Å². The van der Waals surface area contributed by atoms with Gasteiger partial charge in [0.05, 0.1) is 4.92 Å². The first-order valence-electron chi connectivity index (χ1n) is 9.23. The number of halogens is 1. The van der Waals surface area contributed by atoms with Crippen LogP contribution in [-0.2, 0) is 4.79 Å². The summed E-state index contributed by atoms with van der Waals surface area (Å²) in [6.45, 7) is 1.93. The number of hydrogen-bond donors (Lipinski definition) is 2. The lowest BCUT2D eigenvalue weighted by atomic mass is 10.1. The molecule has 3 rings (SSSR count). The minimum absolute atomic E-state index is 0.0472. The number of carbonyl (C=O) groups excluding carboxylic acids is 2. The number of benzene rings is 3. The van der Waals surface area contributed by atoms with Gasteiger partial charge in [0.2, 0.25) is 0 Å². The van der Waals surface area contributed by atoms with Gasteiger partial charge in [0.15, 0.2) is 0 Å². The normalized spacial score (nSPS) is 11.0. The average Bonchev–Trinajstić information content (AvgIpc) is 2.75. The minimum Gasteiger partial charge on any atom is -0.321 e. The summed E-state index contributed by atoms with van der Waals surface area (Å²) < 4.78 is 0.813. The van der Waals surface area contributed by atoms with Crippen LogP contribution in [0.4, 0.5) is 11.4 Å². The largest absolute Gasteiger partial charge is 0.321 e. The highest BCUT2D eigenvalue weighted by atomic mass is 79.9. The summed E-state index contributed by atoms with van der Waals surface area (Å²) in [5.41, 5.74) is 2.18. The zero-order valence-corrected chi connectivity index (χ0v) is 18.0. The molecule has 0 heterocycles. The fourth-order valence-electron chi connectivity index (χ4n) is 2.68. The molecule has 0 aliphatic carbocycles. The predicted octanol–water partition coefficient (Wildman–Crippen LogP) is 5.08. The third-order valence-corrected chi connectivity index (χ3v) is 4.83. The molecule has 0 atom stereocenters. The average molecular weight is 480 g/mol. The number of nitrogens with zero attached hydrogens (tertiary/aromatic N) is 1. The number of anilines is 1. The highest BCUT2D eigenvalue weighted by Gasteiger charge is 2.16. The highest BCUT2D eigenvalue weighted by Crippen LogP contribution is 2.17. The number of carbonyl (C=O) groups is 2. The molecule has 3 aromatic rings. The van der Waals surface area contributed by atoms with Gasteiger partial charge in [-0.3, -0.25) is 19.7 Å². The van der Waals surface area contributed by atoms with Gasteiger partial charge in [-0.1, -0.05) is 45.8 Å². The molecule has 0 saturated heterocycles. The van der Waals surface area contributed by atoms with E-state index in [1.54, 1.807) is 42.5 Å². The second-order valence-electron chi connectivity index (χ2n) is 6.69. The van der Waals surface area contributed by atoms with Crippen LogP contribution >= 0.6 is 15.9 Å². The molecule has 156 valence electrons. The lowest BCUT2D eigenvalue weighted by Crippen LogP contribution is -2.30. The Kier molecular flexibility index (Phi) is 6.94. The maximum Gasteiger partial charge on any atom is 0.272 e. The molecule has 0 spiro atoms. The Labute approximate surface area is 187 Å². The number of nitro groups is 1. The summed E-state index contributed by atoms with van der Waals surface area (Å²) in [6.07, 6.45) is 1.40. The van der Waals surface area contributed by atoms with E-state index in [1.807, 2.05) is 19.1 Å². The van der Waals surface area contributed by atoms with Gasteiger partial charge in [-0.25, -0.2) is 0 Å². The molecule has 8 heteroatoms. The van der Waals surface area contributed by atoms with Gasteiger partial charge in [0.1, 0.15) is 5.70 Å². The van der Waals surface area contributed by atoms with Crippen LogP contribution in [0.3, 0.4) is 0 Å². The maximum atomic E-state index is 12.9. The van der Waals surface area contributed by atoms with Crippen molar-refractivity contribution in [2.75, 3.05) is 5.32 Å². The number of nitro benzene ring substituents is 1. The SMILES string of the molecule is Cc1ccc(NC(=O)/C(=C\c2cccc([N+](=O)[O-])c2)NC(=O)c2ccc(Br)cc2)cc1. The van der Waals surface area contributed by atoms with Crippen LogP contribution in [0.15, 0.2) is 83.0 Å². The van der Waals surface area contributed by atoms with E-state index >= 15 is 0 Å². The molecule has 2 amide bonds. The monoisotopic (exact) mass is 479 g/mol. The van der Waals surface area contributed by atoms with E-state index in [1.165, 1.54) is 24.3 Å². The summed E-state index contributed by atoms with van der Waals surface area (Å²) in [5, 5.41) is 16.4. The standard InChI is InChI=1S/C23H18BrN3O4/c1-15-5-11-19(12-6-15)25-23(29)21(14-16-3-2-4-20(13-16)27(30)31)26-22(28)17-7-9-18(24)10-8-17/h2-14H,1H3,(H,25,29)(H,26,28)/b21-14+. The Morgan fingerprint density at radius 3 is 2.32 bits per heavy atom. The van der Waals surface area contributed by atoms with Crippen molar-refractivity contribution in [3.05, 3.63) is 110 Å². The van der Waals surface area contributed by atoms with Crippen molar-refractivity contribution < 1.29 is 14.5 Å². The zero-order valence-electron chi connectivity index (χ0n) is 16.5. The Morgan fingerprint density at radius 1 is 1.00 bits per heavy atom. The van der Waals surface area contributed by atoms with Crippen molar-refractivity contribution in [2.24, 2.45) is 0 Å². The van der Waals surface area contributed by atoms with Crippen LogP contribution in [0.1, 0.15) is 21.5 Å². The molecule has 0 bridgehead atoms. The van der Waals surface area contributed by atoms with Crippen molar-refractivity contribution in [3.63, 3.8) is 0 Å². The van der Waals surface area contributed by atoms with Crippen LogP contribution in [0, 0.1) is 17.0 Å². The second kappa shape index (κ2) is 9.82. The molecule has 3 aromatic carbocycles. The summed E-state index contributed by atoms with van der Waals surface area (Å²) >= 11 is 3.31. The van der Waals surface area contributed by atoms with E-state index in [-0.39, 0.29) is 11.4 Å². The Bertz CT molecular complexity index is 1160. The number of aryl methyl sites for hydroxylation is 1. The molecule has 0 unspecified atom stereocenters. The zero-order chi connectivity index (χ0) is 22.4. The first-order valence-corrected chi connectivity index (χ1v) is 10.0. The quantitative estimate of drug-likeness (QED) is 0.292. The first-order chi connectivity index (χ1) is 14.8. The lowest BCUT2D eigenvalue weighted by Gasteiger charge is -2.12. The fourth-order valence-corrected chi connectivity index (χ4v) is 2.95. The molecular weight excluding hydrogens is 462 g/mol. The van der Waals surface area contributed by atoms with E-state index < -0.39 is 16.7 Å². The topological polar surface area (TPSA) is 101 Å². The van der Waals surface area contributed by atoms with Crippen LogP contribution < -0.4 is 10.6 Å². The Morgan fingerprint density at radius 2 is 1.68 bits per heavy atom. The van der Waals surface area contributed by atoms with Crippen LogP contribution in [0.2, 0.25) is 0 Å². The maximum absolute atomic E-state index is 12.9. The van der Waals surface area contributed by atoms with Crippen LogP contribution in [0.25, 0.3) is 6.08 Å². The number of nitrogens with one attached hydrogen (secondary N) is 2. The fraction of sp³-hybridized carbons (Fsp3) is 0.0435. The van der Waals surface area contributed by atoms with Crippen LogP contribution in [0.5, 0.6) is 0 Å². The van der Waals surface area contributed by atoms with Crippen molar-refractivity contribution in [3.8, 4) is 0 Å². The van der Waals surface area contributed by atoms with E-state index in [9.17, 15) is 19.7 Å². The lowest BCUT2D eigenvalue weighted by molar-refractivity contribution is -0.384. The number of rotatable bonds is 6. The van der Waals surface area contributed by atoms with Crippen LogP contribution in [-0.4, -0.2) is 16.7 Å². The minimum atomic E-state index is -0.555. The highest BCUT2D eigenvalue weighted by molar-refractivity contribution is 9.10. The van der Waals surface area contributed by atoms with Gasteiger partial charge in [-0.05, 0) is 55.0 Å². The molecule has 0 aliphatic rings. The van der Waals surface area contributed by atoms with E-state index in [0.717, 1.165) is 10.0 Å². The van der Waals surface area contributed by atoms with Gasteiger partial charge in [-0.2, -0.15) is 0 Å². The van der Waals surface area contributed by atoms with Gasteiger partial charge in [0, 0.05) is 27.9 Å². The molecular formula is C23H18BrN3O4. The molecule has 0 fully saturated rings. The first kappa shape index (κ1) is 21.9. The molecule has 0 aromatic heterocycles. The molecule has 2 N–H and O–H groups in total. The third kappa shape index (κ3) is 6.10. The summed E-state index contributed by atoms with van der Waals surface area (Å²) in [4.78, 5) is 36.1. The molecule has 0 saturated carbocycles. The van der Waals surface area contributed by atoms with Gasteiger partial charge >= 0.3 is 0 Å². The Balaban J connectivity index is 1.92. The number of amides is 2. The van der Waals surface area contributed by atoms with E-state index in [2.05, 4.69) is 26.6 Å². The van der Waals surface area contributed by atoms with Crippen molar-refractivity contribution in [2.45, 2.75) is 6.92 Å². The predicted molar refractivity (Wildman–Crippen MR) is 122 cm³/mol. The van der Waals surface area contributed by atoms with Crippen molar-refractivity contribution in [1.29, 1.82) is 0 Å². The molecule has 0 aliphatic heterocycles. The second-order valence-corrected chi connectivity index (χ2v) is 7.61. The smallest absolute Gasteiger partial charge is 0.272 e. The van der Waals surface area contributed by atoms with Gasteiger partial charge in [0.25, 0.3) is 17.5 Å². The summed E-state index contributed by atoms with van der Waals surface area (Å²) in [7, 11) is 0. The van der Waals surface area contributed by atoms with Gasteiger partial charge < -0.3 is 10.6 Å². The van der Waals surface area contributed by atoms with E-state index in [4.69, 9.17) is 0 Å². The molecule has 31 heavy (non-hydrogen) atoms. The summed E-state index contributed by atoms with van der Waals surface area (Å²) in [5.74, 6) is -1.04. The van der Waals surface area contributed by atoms with Crippen molar-refractivity contribution in [1.82, 2.24) is 5.32 Å².